The van der Waals surface area contributed by atoms with Crippen LogP contribution < -0.4 is 5.32 Å². The molecule has 20 heavy (non-hydrogen) atoms. The van der Waals surface area contributed by atoms with Gasteiger partial charge in [-0.25, -0.2) is 0 Å². The van der Waals surface area contributed by atoms with Gasteiger partial charge in [-0.05, 0) is 51.0 Å². The Morgan fingerprint density at radius 3 is 2.80 bits per heavy atom. The van der Waals surface area contributed by atoms with Gasteiger partial charge in [0.1, 0.15) is 0 Å². The molecule has 1 unspecified atom stereocenters. The van der Waals surface area contributed by atoms with Crippen molar-refractivity contribution in [3.05, 3.63) is 29.6 Å². The molecule has 1 N–H and O–H groups in total. The molecule has 110 valence electrons. The third-order valence-electron chi connectivity index (χ3n) is 4.56. The molecule has 2 aliphatic rings. The van der Waals surface area contributed by atoms with Crippen LogP contribution >= 0.6 is 0 Å². The first-order valence-electron chi connectivity index (χ1n) is 7.90. The minimum atomic E-state index is 0.793. The van der Waals surface area contributed by atoms with E-state index in [9.17, 15) is 0 Å². The van der Waals surface area contributed by atoms with Gasteiger partial charge in [0.05, 0.1) is 5.69 Å². The number of nitrogens with zero attached hydrogens (tertiary/aromatic N) is 3. The van der Waals surface area contributed by atoms with Crippen LogP contribution in [0, 0.1) is 0 Å². The average Bonchev–Trinajstić information content (AvgIpc) is 3.12. The zero-order valence-corrected chi connectivity index (χ0v) is 12.5. The van der Waals surface area contributed by atoms with Crippen molar-refractivity contribution in [3.8, 4) is 0 Å². The molecule has 1 aromatic rings. The highest BCUT2D eigenvalue weighted by molar-refractivity contribution is 5.14. The molecule has 4 nitrogen and oxygen atoms in total. The molecule has 0 aliphatic carbocycles. The van der Waals surface area contributed by atoms with Crippen molar-refractivity contribution in [2.45, 2.75) is 38.4 Å². The lowest BCUT2D eigenvalue weighted by Gasteiger charge is -2.23. The van der Waals surface area contributed by atoms with E-state index >= 15 is 0 Å². The molecule has 0 spiro atoms. The Kier molecular flexibility index (Phi) is 4.65. The van der Waals surface area contributed by atoms with Gasteiger partial charge in [-0.1, -0.05) is 6.07 Å². The second kappa shape index (κ2) is 6.66. The van der Waals surface area contributed by atoms with Gasteiger partial charge in [0, 0.05) is 38.4 Å². The summed E-state index contributed by atoms with van der Waals surface area (Å²) >= 11 is 0. The lowest BCUT2D eigenvalue weighted by molar-refractivity contribution is 0.229. The summed E-state index contributed by atoms with van der Waals surface area (Å²) < 4.78 is 0. The summed E-state index contributed by atoms with van der Waals surface area (Å²) in [6, 6.07) is 5.16. The van der Waals surface area contributed by atoms with Crippen molar-refractivity contribution in [1.29, 1.82) is 0 Å². The van der Waals surface area contributed by atoms with Gasteiger partial charge >= 0.3 is 0 Å². The van der Waals surface area contributed by atoms with Crippen LogP contribution in [0.5, 0.6) is 0 Å². The Morgan fingerprint density at radius 1 is 1.25 bits per heavy atom. The Morgan fingerprint density at radius 2 is 2.10 bits per heavy atom. The Hall–Kier alpha value is -0.970. The molecular weight excluding hydrogens is 248 g/mol. The SMILES string of the molecule is CNCc1ccc(CN2CCC(N3CCCC3)C2)nc1. The summed E-state index contributed by atoms with van der Waals surface area (Å²) in [5, 5.41) is 3.16. The zero-order valence-electron chi connectivity index (χ0n) is 12.5. The normalized spacial score (nSPS) is 24.6. The van der Waals surface area contributed by atoms with Crippen LogP contribution in [-0.2, 0) is 13.1 Å². The van der Waals surface area contributed by atoms with E-state index in [1.807, 2.05) is 13.2 Å². The first-order chi connectivity index (χ1) is 9.85. The predicted molar refractivity (Wildman–Crippen MR) is 81.5 cm³/mol. The van der Waals surface area contributed by atoms with Gasteiger partial charge < -0.3 is 5.32 Å². The highest BCUT2D eigenvalue weighted by atomic mass is 15.3. The summed E-state index contributed by atoms with van der Waals surface area (Å²) in [6.07, 6.45) is 6.12. The second-order valence-electron chi connectivity index (χ2n) is 6.11. The Bertz CT molecular complexity index is 411. The molecule has 0 radical (unpaired) electrons. The van der Waals surface area contributed by atoms with Gasteiger partial charge in [-0.2, -0.15) is 0 Å². The predicted octanol–water partition coefficient (Wildman–Crippen LogP) is 1.47. The fourth-order valence-electron chi connectivity index (χ4n) is 3.45. The van der Waals surface area contributed by atoms with Crippen LogP contribution in [0.1, 0.15) is 30.5 Å². The summed E-state index contributed by atoms with van der Waals surface area (Å²) in [5.41, 5.74) is 2.46. The lowest BCUT2D eigenvalue weighted by Crippen LogP contribution is -2.35. The summed E-state index contributed by atoms with van der Waals surface area (Å²) in [6.45, 7) is 6.98. The molecule has 0 amide bonds. The highest BCUT2D eigenvalue weighted by Crippen LogP contribution is 2.21. The molecule has 2 fully saturated rings. The maximum Gasteiger partial charge on any atom is 0.0544 e. The van der Waals surface area contributed by atoms with E-state index in [4.69, 9.17) is 0 Å². The molecule has 0 aromatic carbocycles. The fraction of sp³-hybridized carbons (Fsp3) is 0.688. The van der Waals surface area contributed by atoms with Gasteiger partial charge in [0.25, 0.3) is 0 Å². The number of likely N-dealkylation sites (tertiary alicyclic amines) is 2. The van der Waals surface area contributed by atoms with Gasteiger partial charge in [-0.3, -0.25) is 14.8 Å². The molecular formula is C16H26N4. The fourth-order valence-corrected chi connectivity index (χ4v) is 3.45. The molecule has 1 atom stereocenters. The minimum Gasteiger partial charge on any atom is -0.316 e. The summed E-state index contributed by atoms with van der Waals surface area (Å²) in [5.74, 6) is 0. The first-order valence-corrected chi connectivity index (χ1v) is 7.90. The van der Waals surface area contributed by atoms with Gasteiger partial charge in [0.2, 0.25) is 0 Å². The van der Waals surface area contributed by atoms with E-state index in [1.165, 1.54) is 56.7 Å². The molecule has 1 aromatic heterocycles. The lowest BCUT2D eigenvalue weighted by atomic mass is 10.2. The quantitative estimate of drug-likeness (QED) is 0.881. The zero-order chi connectivity index (χ0) is 13.8. The van der Waals surface area contributed by atoms with Gasteiger partial charge in [-0.15, -0.1) is 0 Å². The van der Waals surface area contributed by atoms with E-state index < -0.39 is 0 Å². The molecule has 3 rings (SSSR count). The average molecular weight is 274 g/mol. The largest absolute Gasteiger partial charge is 0.316 e. The number of hydrogen-bond acceptors (Lipinski definition) is 4. The molecule has 3 heterocycles. The van der Waals surface area contributed by atoms with Crippen LogP contribution in [0.2, 0.25) is 0 Å². The summed E-state index contributed by atoms with van der Waals surface area (Å²) in [4.78, 5) is 9.83. The van der Waals surface area contributed by atoms with Crippen LogP contribution in [0.3, 0.4) is 0 Å². The highest BCUT2D eigenvalue weighted by Gasteiger charge is 2.29. The van der Waals surface area contributed by atoms with Gasteiger partial charge in [0.15, 0.2) is 0 Å². The van der Waals surface area contributed by atoms with Crippen molar-refractivity contribution in [3.63, 3.8) is 0 Å². The molecule has 0 saturated carbocycles. The molecule has 2 saturated heterocycles. The second-order valence-corrected chi connectivity index (χ2v) is 6.11. The maximum atomic E-state index is 4.59. The van der Waals surface area contributed by atoms with Crippen molar-refractivity contribution < 1.29 is 0 Å². The monoisotopic (exact) mass is 274 g/mol. The number of aromatic nitrogens is 1. The smallest absolute Gasteiger partial charge is 0.0544 e. The number of rotatable bonds is 5. The molecule has 2 aliphatic heterocycles. The van der Waals surface area contributed by atoms with Crippen molar-refractivity contribution >= 4 is 0 Å². The molecule has 4 heteroatoms. The topological polar surface area (TPSA) is 31.4 Å². The maximum absolute atomic E-state index is 4.59. The van der Waals surface area contributed by atoms with Crippen LogP contribution in [0.4, 0.5) is 0 Å². The van der Waals surface area contributed by atoms with Crippen LogP contribution in [-0.4, -0.2) is 54.1 Å². The number of nitrogens with one attached hydrogen (secondary N) is 1. The standard InChI is InChI=1S/C16H26N4/c1-17-10-14-4-5-15(18-11-14)12-19-9-6-16(13-19)20-7-2-3-8-20/h4-5,11,16-17H,2-3,6-10,12-13H2,1H3. The number of hydrogen-bond donors (Lipinski definition) is 1. The first kappa shape index (κ1) is 14.0. The van der Waals surface area contributed by atoms with E-state index in [2.05, 4.69) is 32.2 Å². The van der Waals surface area contributed by atoms with E-state index in [-0.39, 0.29) is 0 Å². The van der Waals surface area contributed by atoms with Crippen molar-refractivity contribution in [2.24, 2.45) is 0 Å². The minimum absolute atomic E-state index is 0.793. The van der Waals surface area contributed by atoms with E-state index in [0.717, 1.165) is 19.1 Å². The van der Waals surface area contributed by atoms with E-state index in [0.29, 0.717) is 0 Å². The summed E-state index contributed by atoms with van der Waals surface area (Å²) in [7, 11) is 1.97. The van der Waals surface area contributed by atoms with Crippen LogP contribution in [0.25, 0.3) is 0 Å². The molecule has 0 bridgehead atoms. The third-order valence-corrected chi connectivity index (χ3v) is 4.56. The Labute approximate surface area is 122 Å². The Balaban J connectivity index is 1.50. The van der Waals surface area contributed by atoms with Crippen LogP contribution in [0.15, 0.2) is 18.3 Å². The number of pyridine rings is 1. The third kappa shape index (κ3) is 3.37. The van der Waals surface area contributed by atoms with Crippen molar-refractivity contribution in [1.82, 2.24) is 20.1 Å². The van der Waals surface area contributed by atoms with Crippen molar-refractivity contribution in [2.75, 3.05) is 33.2 Å². The van der Waals surface area contributed by atoms with E-state index in [1.54, 1.807) is 0 Å².